The van der Waals surface area contributed by atoms with Crippen LogP contribution < -0.4 is 0 Å². The van der Waals surface area contributed by atoms with E-state index in [1.807, 2.05) is 48.5 Å². The van der Waals surface area contributed by atoms with Gasteiger partial charge in [-0.2, -0.15) is 0 Å². The van der Waals surface area contributed by atoms with Crippen LogP contribution in [0.4, 0.5) is 0 Å². The van der Waals surface area contributed by atoms with E-state index in [4.69, 9.17) is 4.74 Å². The van der Waals surface area contributed by atoms with Crippen molar-refractivity contribution < 1.29 is 17.9 Å². The topological polar surface area (TPSA) is 60.4 Å². The van der Waals surface area contributed by atoms with E-state index < -0.39 is 15.8 Å². The van der Waals surface area contributed by atoms with E-state index in [0.29, 0.717) is 11.1 Å². The van der Waals surface area contributed by atoms with Gasteiger partial charge in [0.25, 0.3) is 0 Å². The summed E-state index contributed by atoms with van der Waals surface area (Å²) in [7, 11) is -3.28. The molecule has 0 aliphatic rings. The first-order valence-corrected chi connectivity index (χ1v) is 10.4. The number of carbonyl (C=O) groups is 1. The highest BCUT2D eigenvalue weighted by Gasteiger charge is 2.14. The van der Waals surface area contributed by atoms with Crippen molar-refractivity contribution in [3.05, 3.63) is 107 Å². The summed E-state index contributed by atoms with van der Waals surface area (Å²) < 4.78 is 30.0. The number of sulfone groups is 1. The van der Waals surface area contributed by atoms with Crippen molar-refractivity contribution in [1.82, 2.24) is 0 Å². The van der Waals surface area contributed by atoms with Gasteiger partial charge in [-0.1, -0.05) is 72.8 Å². The van der Waals surface area contributed by atoms with Gasteiger partial charge in [-0.05, 0) is 28.8 Å². The Hall–Kier alpha value is -2.92. The first-order chi connectivity index (χ1) is 13.0. The van der Waals surface area contributed by atoms with Crippen LogP contribution in [0, 0.1) is 0 Å². The van der Waals surface area contributed by atoms with Gasteiger partial charge < -0.3 is 4.74 Å². The average Bonchev–Trinajstić information content (AvgIpc) is 2.67. The Bertz CT molecular complexity index is 980. The molecule has 0 atom stereocenters. The van der Waals surface area contributed by atoms with Gasteiger partial charge in [0.05, 0.1) is 17.1 Å². The van der Waals surface area contributed by atoms with Crippen LogP contribution in [0.25, 0.3) is 0 Å². The Morgan fingerprint density at radius 3 is 1.70 bits per heavy atom. The van der Waals surface area contributed by atoms with E-state index in [9.17, 15) is 13.2 Å². The molecule has 0 amide bonds. The molecule has 3 aromatic carbocycles. The van der Waals surface area contributed by atoms with Crippen molar-refractivity contribution in [2.24, 2.45) is 0 Å². The number of hydrogen-bond donors (Lipinski definition) is 0. The largest absolute Gasteiger partial charge is 0.457 e. The van der Waals surface area contributed by atoms with Gasteiger partial charge in [0.1, 0.15) is 6.61 Å². The summed E-state index contributed by atoms with van der Waals surface area (Å²) in [5.74, 6) is -0.506. The third-order valence-electron chi connectivity index (χ3n) is 4.02. The van der Waals surface area contributed by atoms with Gasteiger partial charge in [-0.15, -0.1) is 0 Å². The molecule has 0 N–H and O–H groups in total. The van der Waals surface area contributed by atoms with Gasteiger partial charge in [0, 0.05) is 0 Å². The maximum Gasteiger partial charge on any atom is 0.338 e. The Balaban J connectivity index is 1.58. The maximum absolute atomic E-state index is 12.4. The van der Waals surface area contributed by atoms with Gasteiger partial charge >= 0.3 is 5.97 Å². The molecule has 3 aromatic rings. The van der Waals surface area contributed by atoms with Crippen molar-refractivity contribution in [1.29, 1.82) is 0 Å². The van der Waals surface area contributed by atoms with Crippen LogP contribution in [-0.4, -0.2) is 14.4 Å². The summed E-state index contributed by atoms with van der Waals surface area (Å²) in [5, 5.41) is 0. The second kappa shape index (κ2) is 8.64. The molecule has 0 bridgehead atoms. The number of rotatable bonds is 7. The number of benzene rings is 3. The summed E-state index contributed by atoms with van der Waals surface area (Å²) in [6, 6.07) is 25.0. The fourth-order valence-electron chi connectivity index (χ4n) is 2.68. The third-order valence-corrected chi connectivity index (χ3v) is 5.56. The highest BCUT2D eigenvalue weighted by molar-refractivity contribution is 7.89. The van der Waals surface area contributed by atoms with Crippen molar-refractivity contribution in [2.45, 2.75) is 18.1 Å². The molecule has 0 heterocycles. The molecule has 5 heteroatoms. The fourth-order valence-corrected chi connectivity index (χ4v) is 4.18. The second-order valence-corrected chi connectivity index (χ2v) is 8.34. The summed E-state index contributed by atoms with van der Waals surface area (Å²) in [6.45, 7) is 0.201. The predicted octanol–water partition coefficient (Wildman–Crippen LogP) is 4.16. The summed E-state index contributed by atoms with van der Waals surface area (Å²) in [4.78, 5) is 12.1. The molecule has 0 fully saturated rings. The molecular weight excluding hydrogens is 360 g/mol. The number of hydrogen-bond acceptors (Lipinski definition) is 4. The second-order valence-electron chi connectivity index (χ2n) is 6.28. The first-order valence-electron chi connectivity index (χ1n) is 8.56. The summed E-state index contributed by atoms with van der Waals surface area (Å²) in [6.07, 6.45) is 0. The van der Waals surface area contributed by atoms with Crippen LogP contribution >= 0.6 is 0 Å². The average molecular weight is 380 g/mol. The van der Waals surface area contributed by atoms with Gasteiger partial charge in [0.15, 0.2) is 9.84 Å². The summed E-state index contributed by atoms with van der Waals surface area (Å²) in [5.41, 5.74) is 2.72. The molecule has 0 unspecified atom stereocenters. The van der Waals surface area contributed by atoms with Gasteiger partial charge in [-0.25, -0.2) is 13.2 Å². The number of esters is 1. The molecule has 3 rings (SSSR count). The third kappa shape index (κ3) is 5.79. The smallest absolute Gasteiger partial charge is 0.338 e. The van der Waals surface area contributed by atoms with Crippen LogP contribution in [0.5, 0.6) is 0 Å². The lowest BCUT2D eigenvalue weighted by Crippen LogP contribution is -2.08. The minimum Gasteiger partial charge on any atom is -0.457 e. The van der Waals surface area contributed by atoms with Gasteiger partial charge in [0.2, 0.25) is 0 Å². The Labute approximate surface area is 159 Å². The van der Waals surface area contributed by atoms with E-state index in [1.165, 1.54) is 0 Å². The monoisotopic (exact) mass is 380 g/mol. The van der Waals surface area contributed by atoms with Crippen LogP contribution in [0.3, 0.4) is 0 Å². The van der Waals surface area contributed by atoms with Crippen molar-refractivity contribution >= 4 is 15.8 Å². The highest BCUT2D eigenvalue weighted by Crippen LogP contribution is 2.14. The predicted molar refractivity (Wildman–Crippen MR) is 105 cm³/mol. The van der Waals surface area contributed by atoms with Crippen LogP contribution in [0.15, 0.2) is 84.9 Å². The van der Waals surface area contributed by atoms with Crippen molar-refractivity contribution in [3.8, 4) is 0 Å². The standard InChI is InChI=1S/C22H20O4S/c23-22(26-15-18-7-3-1-4-8-18)21-13-11-20(12-14-21)17-27(24,25)16-19-9-5-2-6-10-19/h1-14H,15-17H2. The van der Waals surface area contributed by atoms with Crippen LogP contribution in [0.1, 0.15) is 27.0 Å². The Morgan fingerprint density at radius 2 is 1.15 bits per heavy atom. The van der Waals surface area contributed by atoms with Crippen LogP contribution in [-0.2, 0) is 32.7 Å². The highest BCUT2D eigenvalue weighted by atomic mass is 32.2. The minimum absolute atomic E-state index is 0.00525. The zero-order valence-electron chi connectivity index (χ0n) is 14.7. The van der Waals surface area contributed by atoms with Crippen molar-refractivity contribution in [2.75, 3.05) is 0 Å². The Morgan fingerprint density at radius 1 is 0.667 bits per heavy atom. The van der Waals surface area contributed by atoms with E-state index in [2.05, 4.69) is 0 Å². The molecule has 0 aliphatic heterocycles. The van der Waals surface area contributed by atoms with Crippen molar-refractivity contribution in [3.63, 3.8) is 0 Å². The van der Waals surface area contributed by atoms with E-state index in [-0.39, 0.29) is 18.1 Å². The lowest BCUT2D eigenvalue weighted by molar-refractivity contribution is 0.0472. The van der Waals surface area contributed by atoms with E-state index in [0.717, 1.165) is 11.1 Å². The van der Waals surface area contributed by atoms with Crippen LogP contribution in [0.2, 0.25) is 0 Å². The number of carbonyl (C=O) groups excluding carboxylic acids is 1. The lowest BCUT2D eigenvalue weighted by atomic mass is 10.1. The Kier molecular flexibility index (Phi) is 6.04. The lowest BCUT2D eigenvalue weighted by Gasteiger charge is -2.07. The minimum atomic E-state index is -3.28. The van der Waals surface area contributed by atoms with E-state index >= 15 is 0 Å². The molecule has 27 heavy (non-hydrogen) atoms. The molecule has 138 valence electrons. The molecular formula is C22H20O4S. The molecule has 0 aliphatic carbocycles. The molecule has 0 saturated heterocycles. The zero-order valence-corrected chi connectivity index (χ0v) is 15.6. The number of ether oxygens (including phenoxy) is 1. The normalized spacial score (nSPS) is 11.1. The first kappa shape index (κ1) is 18.9. The zero-order chi connectivity index (χ0) is 19.1. The summed E-state index contributed by atoms with van der Waals surface area (Å²) >= 11 is 0. The van der Waals surface area contributed by atoms with E-state index in [1.54, 1.807) is 36.4 Å². The molecule has 0 spiro atoms. The quantitative estimate of drug-likeness (QED) is 0.578. The van der Waals surface area contributed by atoms with Gasteiger partial charge in [-0.3, -0.25) is 0 Å². The maximum atomic E-state index is 12.4. The fraction of sp³-hybridized carbons (Fsp3) is 0.136. The SMILES string of the molecule is O=C(OCc1ccccc1)c1ccc(CS(=O)(=O)Cc2ccccc2)cc1. The molecule has 0 saturated carbocycles. The molecule has 0 radical (unpaired) electrons. The molecule has 0 aromatic heterocycles. The molecule has 4 nitrogen and oxygen atoms in total.